The molecule has 0 unspecified atom stereocenters. The van der Waals surface area contributed by atoms with Crippen molar-refractivity contribution in [2.75, 3.05) is 75.0 Å². The molecule has 2 saturated heterocycles. The third-order valence-corrected chi connectivity index (χ3v) is 8.51. The van der Waals surface area contributed by atoms with Crippen molar-refractivity contribution >= 4 is 39.7 Å². The zero-order valence-corrected chi connectivity index (χ0v) is 25.1. The lowest BCUT2D eigenvalue weighted by Gasteiger charge is -2.37. The average molecular weight is 581 g/mol. The highest BCUT2D eigenvalue weighted by Gasteiger charge is 2.23. The lowest BCUT2D eigenvalue weighted by Crippen LogP contribution is -2.48. The molecule has 2 N–H and O–H groups in total. The Balaban J connectivity index is 1.24. The van der Waals surface area contributed by atoms with Gasteiger partial charge in [-0.05, 0) is 44.1 Å². The fourth-order valence-electron chi connectivity index (χ4n) is 6.14. The number of benzene rings is 2. The van der Waals surface area contributed by atoms with Crippen LogP contribution >= 0.6 is 0 Å². The van der Waals surface area contributed by atoms with Gasteiger partial charge in [0.25, 0.3) is 0 Å². The number of para-hydroxylation sites is 1. The molecule has 2 aliphatic heterocycles. The summed E-state index contributed by atoms with van der Waals surface area (Å²) in [7, 11) is 3.69. The number of aryl methyl sites for hydroxylation is 1. The van der Waals surface area contributed by atoms with E-state index in [1.165, 1.54) is 32.0 Å². The quantitative estimate of drug-likeness (QED) is 0.260. The highest BCUT2D eigenvalue weighted by molar-refractivity contribution is 6.02. The average Bonchev–Trinajstić information content (AvgIpc) is 3.69. The Kier molecular flexibility index (Phi) is 8.57. The van der Waals surface area contributed by atoms with Crippen molar-refractivity contribution < 1.29 is 9.53 Å². The number of hydrogen-bond acceptors (Lipinski definition) is 8. The summed E-state index contributed by atoms with van der Waals surface area (Å²) in [6.07, 6.45) is 7.58. The molecule has 43 heavy (non-hydrogen) atoms. The minimum atomic E-state index is -0.262. The van der Waals surface area contributed by atoms with Crippen molar-refractivity contribution in [2.45, 2.75) is 12.8 Å². The van der Waals surface area contributed by atoms with E-state index in [0.29, 0.717) is 22.9 Å². The van der Waals surface area contributed by atoms with Crippen LogP contribution in [0, 0.1) is 0 Å². The highest BCUT2D eigenvalue weighted by Crippen LogP contribution is 2.39. The first kappa shape index (κ1) is 28.7. The van der Waals surface area contributed by atoms with E-state index < -0.39 is 0 Å². The van der Waals surface area contributed by atoms with E-state index in [1.54, 1.807) is 13.4 Å². The van der Waals surface area contributed by atoms with Gasteiger partial charge in [-0.1, -0.05) is 24.8 Å². The van der Waals surface area contributed by atoms with Gasteiger partial charge >= 0.3 is 0 Å². The maximum Gasteiger partial charge on any atom is 0.247 e. The number of likely N-dealkylation sites (tertiary alicyclic amines) is 1. The molecule has 2 aromatic carbocycles. The van der Waals surface area contributed by atoms with Crippen molar-refractivity contribution in [3.63, 3.8) is 0 Å². The van der Waals surface area contributed by atoms with Gasteiger partial charge in [0.15, 0.2) is 0 Å². The zero-order chi connectivity index (χ0) is 29.8. The van der Waals surface area contributed by atoms with Crippen molar-refractivity contribution in [3.8, 4) is 17.0 Å². The van der Waals surface area contributed by atoms with E-state index >= 15 is 0 Å². The van der Waals surface area contributed by atoms with Crippen LogP contribution in [0.25, 0.3) is 22.2 Å². The second-order valence-electron chi connectivity index (χ2n) is 11.2. The first-order valence-electron chi connectivity index (χ1n) is 15.0. The number of carbonyl (C=O) groups excluding carboxylic acids is 1. The van der Waals surface area contributed by atoms with E-state index in [2.05, 4.69) is 64.8 Å². The number of hydrogen-bond donors (Lipinski definition) is 2. The lowest BCUT2D eigenvalue weighted by molar-refractivity contribution is -0.111. The molecule has 224 valence electrons. The summed E-state index contributed by atoms with van der Waals surface area (Å²) >= 11 is 0. The van der Waals surface area contributed by atoms with Crippen LogP contribution < -0.4 is 20.3 Å². The summed E-state index contributed by atoms with van der Waals surface area (Å²) in [5.41, 5.74) is 5.30. The third-order valence-electron chi connectivity index (χ3n) is 8.51. The zero-order valence-electron chi connectivity index (χ0n) is 25.1. The van der Waals surface area contributed by atoms with Crippen LogP contribution in [0.5, 0.6) is 5.75 Å². The number of nitrogens with zero attached hydrogens (tertiary/aromatic N) is 6. The van der Waals surface area contributed by atoms with Gasteiger partial charge in [0.1, 0.15) is 17.9 Å². The number of methoxy groups -OCH3 is 1. The summed E-state index contributed by atoms with van der Waals surface area (Å²) in [5, 5.41) is 7.55. The number of ether oxygens (including phenoxy) is 1. The van der Waals surface area contributed by atoms with E-state index in [0.717, 1.165) is 67.1 Å². The predicted molar refractivity (Wildman–Crippen MR) is 173 cm³/mol. The third kappa shape index (κ3) is 6.35. The molecular formula is C33H40N8O2. The summed E-state index contributed by atoms with van der Waals surface area (Å²) in [6, 6.07) is 14.1. The van der Waals surface area contributed by atoms with Gasteiger partial charge in [0.2, 0.25) is 5.91 Å². The Morgan fingerprint density at radius 3 is 2.47 bits per heavy atom. The molecule has 10 heteroatoms. The van der Waals surface area contributed by atoms with E-state index in [9.17, 15) is 4.79 Å². The summed E-state index contributed by atoms with van der Waals surface area (Å²) in [5.74, 6) is 1.02. The Bertz CT molecular complexity index is 1600. The van der Waals surface area contributed by atoms with Gasteiger partial charge in [-0.2, -0.15) is 0 Å². The first-order valence-corrected chi connectivity index (χ1v) is 15.0. The Morgan fingerprint density at radius 1 is 0.977 bits per heavy atom. The number of fused-ring (bicyclic) bond motifs is 1. The standard InChI is InChI=1S/C33H40N8O2/c1-4-33(42)37-27-19-28(36-32-20-26(34-23-35-32)25-22-38(2)29-10-6-5-9-24(25)29)31(43-3)21-30(27)41-17-15-40(16-18-41)14-13-39-11-7-8-12-39/h4-6,9-10,19-23H,1,7-8,11-18H2,2-3H3,(H,37,42)(H,34,35,36). The largest absolute Gasteiger partial charge is 0.494 e. The fourth-order valence-corrected chi connectivity index (χ4v) is 6.14. The van der Waals surface area contributed by atoms with E-state index in [-0.39, 0.29) is 5.91 Å². The molecular weight excluding hydrogens is 540 g/mol. The number of anilines is 4. The molecule has 2 aliphatic rings. The fraction of sp³-hybridized carbons (Fsp3) is 0.364. The molecule has 2 fully saturated rings. The number of piperazine rings is 1. The molecule has 2 aromatic heterocycles. The van der Waals surface area contributed by atoms with Crippen LogP contribution in [0.3, 0.4) is 0 Å². The normalized spacial score (nSPS) is 16.0. The van der Waals surface area contributed by atoms with Crippen LogP contribution in [0.2, 0.25) is 0 Å². The van der Waals surface area contributed by atoms with Gasteiger partial charge < -0.3 is 29.7 Å². The molecule has 1 amide bonds. The molecule has 4 aromatic rings. The molecule has 0 aliphatic carbocycles. The topological polar surface area (TPSA) is 90.8 Å². The van der Waals surface area contributed by atoms with Crippen LogP contribution in [0.15, 0.2) is 67.6 Å². The first-order chi connectivity index (χ1) is 21.0. The molecule has 6 rings (SSSR count). The van der Waals surface area contributed by atoms with Crippen molar-refractivity contribution in [1.82, 2.24) is 24.3 Å². The van der Waals surface area contributed by atoms with Crippen LogP contribution in [0.4, 0.5) is 22.9 Å². The molecule has 0 radical (unpaired) electrons. The SMILES string of the molecule is C=CC(=O)Nc1cc(Nc2cc(-c3cn(C)c4ccccc34)ncn2)c(OC)cc1N1CCN(CCN2CCCC2)CC1. The monoisotopic (exact) mass is 580 g/mol. The predicted octanol–water partition coefficient (Wildman–Crippen LogP) is 4.73. The maximum atomic E-state index is 12.5. The van der Waals surface area contributed by atoms with Crippen LogP contribution in [-0.4, -0.2) is 89.7 Å². The van der Waals surface area contributed by atoms with E-state index in [1.807, 2.05) is 37.4 Å². The molecule has 0 saturated carbocycles. The summed E-state index contributed by atoms with van der Waals surface area (Å²) in [6.45, 7) is 12.0. The van der Waals surface area contributed by atoms with E-state index in [4.69, 9.17) is 4.74 Å². The Hall–Kier alpha value is -4.41. The second-order valence-corrected chi connectivity index (χ2v) is 11.2. The highest BCUT2D eigenvalue weighted by atomic mass is 16.5. The number of aromatic nitrogens is 3. The van der Waals surface area contributed by atoms with Gasteiger partial charge in [0.05, 0.1) is 29.9 Å². The van der Waals surface area contributed by atoms with Crippen molar-refractivity contribution in [2.24, 2.45) is 7.05 Å². The maximum absolute atomic E-state index is 12.5. The summed E-state index contributed by atoms with van der Waals surface area (Å²) in [4.78, 5) is 29.0. The number of rotatable bonds is 10. The van der Waals surface area contributed by atoms with Crippen molar-refractivity contribution in [1.29, 1.82) is 0 Å². The van der Waals surface area contributed by atoms with Gasteiger partial charge in [-0.15, -0.1) is 0 Å². The minimum absolute atomic E-state index is 0.262. The molecule has 0 bridgehead atoms. The van der Waals surface area contributed by atoms with Gasteiger partial charge in [-0.3, -0.25) is 9.69 Å². The Morgan fingerprint density at radius 2 is 1.72 bits per heavy atom. The van der Waals surface area contributed by atoms with Crippen molar-refractivity contribution in [3.05, 3.63) is 67.6 Å². The number of carbonyl (C=O) groups is 1. The van der Waals surface area contributed by atoms with Gasteiger partial charge in [-0.25, -0.2) is 9.97 Å². The minimum Gasteiger partial charge on any atom is -0.494 e. The van der Waals surface area contributed by atoms with Crippen LogP contribution in [0.1, 0.15) is 12.8 Å². The Labute approximate surface area is 253 Å². The second kappa shape index (κ2) is 12.8. The molecule has 4 heterocycles. The number of nitrogens with one attached hydrogen (secondary N) is 2. The molecule has 0 spiro atoms. The van der Waals surface area contributed by atoms with Crippen LogP contribution in [-0.2, 0) is 11.8 Å². The van der Waals surface area contributed by atoms with Gasteiger partial charge in [0, 0.05) is 81.1 Å². The number of amides is 1. The summed E-state index contributed by atoms with van der Waals surface area (Å²) < 4.78 is 7.94. The lowest BCUT2D eigenvalue weighted by atomic mass is 10.1. The smallest absolute Gasteiger partial charge is 0.247 e. The molecule has 0 atom stereocenters. The molecule has 10 nitrogen and oxygen atoms in total.